The molecule has 0 fully saturated rings. The maximum Gasteiger partial charge on any atom is 0.233 e. The van der Waals surface area contributed by atoms with Gasteiger partial charge in [-0.2, -0.15) is 0 Å². The van der Waals surface area contributed by atoms with Crippen LogP contribution in [0.1, 0.15) is 18.2 Å². The second-order valence-electron chi connectivity index (χ2n) is 5.02. The van der Waals surface area contributed by atoms with Crippen molar-refractivity contribution in [3.05, 3.63) is 41.6 Å². The first-order valence-corrected chi connectivity index (χ1v) is 7.31. The van der Waals surface area contributed by atoms with E-state index in [0.717, 1.165) is 5.69 Å². The molecule has 0 saturated heterocycles. The number of halogens is 1. The van der Waals surface area contributed by atoms with Gasteiger partial charge < -0.3 is 20.3 Å². The van der Waals surface area contributed by atoms with Gasteiger partial charge in [0.2, 0.25) is 5.88 Å². The number of fused-ring (bicyclic) bond motifs is 1. The van der Waals surface area contributed by atoms with Crippen molar-refractivity contribution in [3.63, 3.8) is 0 Å². The van der Waals surface area contributed by atoms with Gasteiger partial charge in [0, 0.05) is 16.6 Å². The van der Waals surface area contributed by atoms with E-state index in [1.54, 1.807) is 19.1 Å². The lowest BCUT2D eigenvalue weighted by Crippen LogP contribution is -2.03. The van der Waals surface area contributed by atoms with Gasteiger partial charge in [-0.25, -0.2) is 14.4 Å². The molecule has 0 atom stereocenters. The molecule has 2 heterocycles. The molecule has 3 aromatic rings. The van der Waals surface area contributed by atoms with Gasteiger partial charge in [0.25, 0.3) is 0 Å². The summed E-state index contributed by atoms with van der Waals surface area (Å²) in [5.41, 5.74) is 7.68. The summed E-state index contributed by atoms with van der Waals surface area (Å²) in [6, 6.07) is 4.97. The van der Waals surface area contributed by atoms with E-state index in [2.05, 4.69) is 20.1 Å². The highest BCUT2D eigenvalue weighted by atomic mass is 19.1. The van der Waals surface area contributed by atoms with E-state index in [4.69, 9.17) is 15.3 Å². The first-order valence-electron chi connectivity index (χ1n) is 7.31. The molecule has 0 unspecified atom stereocenters. The van der Waals surface area contributed by atoms with Crippen molar-refractivity contribution in [3.8, 4) is 11.6 Å². The highest BCUT2D eigenvalue weighted by molar-refractivity contribution is 5.88. The molecule has 0 spiro atoms. The fraction of sp³-hybridized carbons (Fsp3) is 0.188. The van der Waals surface area contributed by atoms with Crippen molar-refractivity contribution in [2.24, 2.45) is 5.16 Å². The third-order valence-electron chi connectivity index (χ3n) is 3.31. The van der Waals surface area contributed by atoms with Crippen LogP contribution >= 0.6 is 0 Å². The van der Waals surface area contributed by atoms with E-state index in [0.29, 0.717) is 23.1 Å². The Morgan fingerprint density at radius 2 is 2.21 bits per heavy atom. The van der Waals surface area contributed by atoms with Gasteiger partial charge in [0.05, 0.1) is 6.21 Å². The molecule has 7 nitrogen and oxygen atoms in total. The fourth-order valence-electron chi connectivity index (χ4n) is 2.23. The second-order valence-corrected chi connectivity index (χ2v) is 5.02. The Morgan fingerprint density at radius 1 is 1.38 bits per heavy atom. The molecule has 1 aromatic carbocycles. The van der Waals surface area contributed by atoms with Crippen LogP contribution in [-0.4, -0.2) is 27.8 Å². The zero-order valence-electron chi connectivity index (χ0n) is 13.2. The van der Waals surface area contributed by atoms with Gasteiger partial charge in [0.15, 0.2) is 11.6 Å². The molecule has 3 N–H and O–H groups in total. The molecule has 24 heavy (non-hydrogen) atoms. The van der Waals surface area contributed by atoms with Crippen LogP contribution in [0.15, 0.2) is 29.7 Å². The summed E-state index contributed by atoms with van der Waals surface area (Å²) in [5, 5.41) is 4.18. The average molecular weight is 329 g/mol. The van der Waals surface area contributed by atoms with Gasteiger partial charge >= 0.3 is 0 Å². The first kappa shape index (κ1) is 15.7. The van der Waals surface area contributed by atoms with Crippen molar-refractivity contribution in [2.45, 2.75) is 13.8 Å². The highest BCUT2D eigenvalue weighted by Crippen LogP contribution is 2.31. The van der Waals surface area contributed by atoms with Crippen molar-refractivity contribution in [1.29, 1.82) is 0 Å². The Bertz CT molecular complexity index is 907. The molecule has 2 aromatic heterocycles. The summed E-state index contributed by atoms with van der Waals surface area (Å²) in [4.78, 5) is 15.9. The van der Waals surface area contributed by atoms with E-state index >= 15 is 0 Å². The number of benzene rings is 1. The van der Waals surface area contributed by atoms with Gasteiger partial charge in [-0.05, 0) is 32.0 Å². The SMILES string of the molecule is CCO/N=C/c1c(N)ncnc1Oc1ccc2[nH]c(C)cc2c1F. The number of nitrogens with two attached hydrogens (primary N) is 1. The number of hydrogen-bond donors (Lipinski definition) is 2. The number of aromatic amines is 1. The van der Waals surface area contributed by atoms with E-state index in [1.165, 1.54) is 18.6 Å². The van der Waals surface area contributed by atoms with E-state index in [9.17, 15) is 4.39 Å². The number of anilines is 1. The van der Waals surface area contributed by atoms with Crippen molar-refractivity contribution >= 4 is 22.9 Å². The highest BCUT2D eigenvalue weighted by Gasteiger charge is 2.15. The zero-order chi connectivity index (χ0) is 17.1. The number of H-pyrrole nitrogens is 1. The minimum Gasteiger partial charge on any atom is -0.435 e. The van der Waals surface area contributed by atoms with E-state index in [1.807, 2.05) is 6.92 Å². The number of aromatic nitrogens is 3. The fourth-order valence-corrected chi connectivity index (χ4v) is 2.23. The molecule has 0 aliphatic carbocycles. The van der Waals surface area contributed by atoms with Crippen LogP contribution in [0.3, 0.4) is 0 Å². The molecule has 0 saturated carbocycles. The van der Waals surface area contributed by atoms with Crippen LogP contribution in [0.25, 0.3) is 10.9 Å². The third-order valence-corrected chi connectivity index (χ3v) is 3.31. The summed E-state index contributed by atoms with van der Waals surface area (Å²) >= 11 is 0. The standard InChI is InChI=1S/C16H16FN5O2/c1-3-23-21-7-11-15(18)19-8-20-16(11)24-13-5-4-12-10(14(13)17)6-9(2)22-12/h4-8,22H,3H2,1-2H3,(H2,18,19,20)/b21-7+. The summed E-state index contributed by atoms with van der Waals surface area (Å²) in [7, 11) is 0. The van der Waals surface area contributed by atoms with Gasteiger partial charge in [-0.15, -0.1) is 0 Å². The molecule has 124 valence electrons. The van der Waals surface area contributed by atoms with Crippen LogP contribution in [-0.2, 0) is 4.84 Å². The zero-order valence-corrected chi connectivity index (χ0v) is 13.2. The maximum atomic E-state index is 14.6. The summed E-state index contributed by atoms with van der Waals surface area (Å²) < 4.78 is 20.2. The number of ether oxygens (including phenoxy) is 1. The molecule has 0 amide bonds. The Kier molecular flexibility index (Phi) is 4.28. The lowest BCUT2D eigenvalue weighted by atomic mass is 10.2. The minimum absolute atomic E-state index is 0.0330. The van der Waals surface area contributed by atoms with Crippen molar-refractivity contribution < 1.29 is 14.0 Å². The number of nitrogen functional groups attached to an aromatic ring is 1. The van der Waals surface area contributed by atoms with Gasteiger partial charge in [-0.3, -0.25) is 0 Å². The first-order chi connectivity index (χ1) is 11.6. The number of aryl methyl sites for hydroxylation is 1. The molecule has 0 aliphatic heterocycles. The molecule has 8 heteroatoms. The summed E-state index contributed by atoms with van der Waals surface area (Å²) in [6.07, 6.45) is 2.57. The molecule has 3 rings (SSSR count). The largest absolute Gasteiger partial charge is 0.435 e. The predicted octanol–water partition coefficient (Wildman–Crippen LogP) is 3.15. The maximum absolute atomic E-state index is 14.6. The number of nitrogens with zero attached hydrogens (tertiary/aromatic N) is 3. The Balaban J connectivity index is 1.99. The normalized spacial score (nSPS) is 11.3. The Labute approximate surface area is 137 Å². The van der Waals surface area contributed by atoms with Crippen LogP contribution in [0.5, 0.6) is 11.6 Å². The molecular formula is C16H16FN5O2. The third kappa shape index (κ3) is 2.98. The molecule has 0 radical (unpaired) electrons. The number of nitrogens with one attached hydrogen (secondary N) is 1. The second kappa shape index (κ2) is 6.53. The monoisotopic (exact) mass is 329 g/mol. The molecule has 0 aliphatic rings. The van der Waals surface area contributed by atoms with Crippen LogP contribution in [0.4, 0.5) is 10.2 Å². The molecule has 0 bridgehead atoms. The van der Waals surface area contributed by atoms with Gasteiger partial charge in [0.1, 0.15) is 24.3 Å². The minimum atomic E-state index is -0.485. The van der Waals surface area contributed by atoms with Crippen LogP contribution in [0.2, 0.25) is 0 Å². The molecular weight excluding hydrogens is 313 g/mol. The summed E-state index contributed by atoms with van der Waals surface area (Å²) in [6.45, 7) is 4.05. The lowest BCUT2D eigenvalue weighted by molar-refractivity contribution is 0.160. The Hall–Kier alpha value is -3.16. The van der Waals surface area contributed by atoms with Gasteiger partial charge in [-0.1, -0.05) is 5.16 Å². The van der Waals surface area contributed by atoms with Crippen molar-refractivity contribution in [2.75, 3.05) is 12.3 Å². The number of hydrogen-bond acceptors (Lipinski definition) is 6. The number of oxime groups is 1. The Morgan fingerprint density at radius 3 is 3.00 bits per heavy atom. The smallest absolute Gasteiger partial charge is 0.233 e. The van der Waals surface area contributed by atoms with E-state index in [-0.39, 0.29) is 17.4 Å². The average Bonchev–Trinajstić information content (AvgIpc) is 2.94. The van der Waals surface area contributed by atoms with Crippen molar-refractivity contribution in [1.82, 2.24) is 15.0 Å². The topological polar surface area (TPSA) is 98.4 Å². The quantitative estimate of drug-likeness (QED) is 0.553. The number of rotatable bonds is 5. The van der Waals surface area contributed by atoms with Crippen LogP contribution < -0.4 is 10.5 Å². The lowest BCUT2D eigenvalue weighted by Gasteiger charge is -2.09. The van der Waals surface area contributed by atoms with E-state index < -0.39 is 5.82 Å². The summed E-state index contributed by atoms with van der Waals surface area (Å²) in [5.74, 6) is -0.203. The predicted molar refractivity (Wildman–Crippen MR) is 88.7 cm³/mol. The van der Waals surface area contributed by atoms with Crippen LogP contribution in [0, 0.1) is 12.7 Å².